The van der Waals surface area contributed by atoms with Crippen molar-refractivity contribution in [1.29, 1.82) is 0 Å². The van der Waals surface area contributed by atoms with Crippen molar-refractivity contribution in [2.45, 2.75) is 25.8 Å². The molecule has 19 heavy (non-hydrogen) atoms. The Morgan fingerprint density at radius 3 is 2.95 bits per heavy atom. The lowest BCUT2D eigenvalue weighted by Gasteiger charge is -2.16. The van der Waals surface area contributed by atoms with E-state index in [1.165, 1.54) is 6.07 Å². The van der Waals surface area contributed by atoms with Crippen LogP contribution >= 0.6 is 0 Å². The van der Waals surface area contributed by atoms with Crippen molar-refractivity contribution < 1.29 is 9.50 Å². The molecule has 2 aromatic carbocycles. The Labute approximate surface area is 111 Å². The summed E-state index contributed by atoms with van der Waals surface area (Å²) in [6.07, 6.45) is 1.70. The van der Waals surface area contributed by atoms with Crippen LogP contribution < -0.4 is 5.32 Å². The highest BCUT2D eigenvalue weighted by molar-refractivity contribution is 5.52. The van der Waals surface area contributed by atoms with Gasteiger partial charge in [0.2, 0.25) is 0 Å². The van der Waals surface area contributed by atoms with Gasteiger partial charge in [-0.05, 0) is 54.7 Å². The van der Waals surface area contributed by atoms with E-state index in [-0.39, 0.29) is 11.9 Å². The fourth-order valence-electron chi connectivity index (χ4n) is 2.72. The molecule has 1 unspecified atom stereocenters. The zero-order chi connectivity index (χ0) is 13.4. The molecule has 2 N–H and O–H groups in total. The van der Waals surface area contributed by atoms with Crippen molar-refractivity contribution in [3.63, 3.8) is 0 Å². The standard InChI is InChI=1S/C16H16FNO/c1-10-5-7-13(17)15(9-10)18-14-8-6-12-11(14)3-2-4-16(12)19/h2-5,7,9,14,18-19H,6,8H2,1H3. The number of benzene rings is 2. The van der Waals surface area contributed by atoms with E-state index in [1.54, 1.807) is 12.1 Å². The molecule has 0 heterocycles. The van der Waals surface area contributed by atoms with Crippen LogP contribution in [0.1, 0.15) is 29.2 Å². The summed E-state index contributed by atoms with van der Waals surface area (Å²) in [6, 6.07) is 10.7. The van der Waals surface area contributed by atoms with Crippen molar-refractivity contribution >= 4 is 5.69 Å². The highest BCUT2D eigenvalue weighted by Crippen LogP contribution is 2.38. The number of aromatic hydroxyl groups is 1. The maximum Gasteiger partial charge on any atom is 0.146 e. The van der Waals surface area contributed by atoms with Gasteiger partial charge in [-0.1, -0.05) is 18.2 Å². The maximum absolute atomic E-state index is 13.8. The van der Waals surface area contributed by atoms with E-state index in [1.807, 2.05) is 25.1 Å². The second kappa shape index (κ2) is 4.57. The first-order valence-electron chi connectivity index (χ1n) is 6.48. The number of aryl methyl sites for hydroxylation is 1. The minimum atomic E-state index is -0.237. The van der Waals surface area contributed by atoms with E-state index >= 15 is 0 Å². The van der Waals surface area contributed by atoms with Crippen LogP contribution in [0.5, 0.6) is 5.75 Å². The van der Waals surface area contributed by atoms with Gasteiger partial charge in [-0.15, -0.1) is 0 Å². The molecule has 0 saturated heterocycles. The molecule has 0 fully saturated rings. The average Bonchev–Trinajstić information content (AvgIpc) is 2.79. The highest BCUT2D eigenvalue weighted by atomic mass is 19.1. The Hall–Kier alpha value is -2.03. The van der Waals surface area contributed by atoms with Gasteiger partial charge in [0.25, 0.3) is 0 Å². The first-order valence-corrected chi connectivity index (χ1v) is 6.48. The zero-order valence-electron chi connectivity index (χ0n) is 10.8. The van der Waals surface area contributed by atoms with Gasteiger partial charge in [-0.2, -0.15) is 0 Å². The number of hydrogen-bond donors (Lipinski definition) is 2. The summed E-state index contributed by atoms with van der Waals surface area (Å²) in [4.78, 5) is 0. The molecule has 0 spiro atoms. The lowest BCUT2D eigenvalue weighted by molar-refractivity contribution is 0.469. The van der Waals surface area contributed by atoms with Gasteiger partial charge in [-0.3, -0.25) is 0 Å². The Morgan fingerprint density at radius 2 is 2.11 bits per heavy atom. The molecule has 1 aliphatic rings. The predicted octanol–water partition coefficient (Wildman–Crippen LogP) is 3.94. The fraction of sp³-hybridized carbons (Fsp3) is 0.250. The normalized spacial score (nSPS) is 17.3. The summed E-state index contributed by atoms with van der Waals surface area (Å²) in [7, 11) is 0. The van der Waals surface area contributed by atoms with Gasteiger partial charge in [-0.25, -0.2) is 4.39 Å². The third-order valence-corrected chi connectivity index (χ3v) is 3.70. The molecule has 2 nitrogen and oxygen atoms in total. The maximum atomic E-state index is 13.8. The van der Waals surface area contributed by atoms with E-state index < -0.39 is 0 Å². The van der Waals surface area contributed by atoms with Crippen LogP contribution in [0.2, 0.25) is 0 Å². The largest absolute Gasteiger partial charge is 0.508 e. The van der Waals surface area contributed by atoms with E-state index in [0.717, 1.165) is 29.5 Å². The number of phenolic OH excluding ortho intramolecular Hbond substituents is 1. The van der Waals surface area contributed by atoms with Crippen molar-refractivity contribution in [1.82, 2.24) is 0 Å². The number of halogens is 1. The molecule has 3 rings (SSSR count). The molecule has 3 heteroatoms. The molecular weight excluding hydrogens is 241 g/mol. The minimum absolute atomic E-state index is 0.0680. The number of anilines is 1. The topological polar surface area (TPSA) is 32.3 Å². The second-order valence-corrected chi connectivity index (χ2v) is 5.06. The molecule has 0 radical (unpaired) electrons. The Bertz CT molecular complexity index is 624. The predicted molar refractivity (Wildman–Crippen MR) is 73.9 cm³/mol. The van der Waals surface area contributed by atoms with Crippen LogP contribution in [0.3, 0.4) is 0 Å². The van der Waals surface area contributed by atoms with Crippen molar-refractivity contribution in [3.05, 3.63) is 58.9 Å². The third kappa shape index (κ3) is 2.16. The molecule has 0 saturated carbocycles. The van der Waals surface area contributed by atoms with Crippen molar-refractivity contribution in [2.24, 2.45) is 0 Å². The monoisotopic (exact) mass is 257 g/mol. The van der Waals surface area contributed by atoms with Gasteiger partial charge >= 0.3 is 0 Å². The molecule has 1 aliphatic carbocycles. The minimum Gasteiger partial charge on any atom is -0.508 e. The Morgan fingerprint density at radius 1 is 1.26 bits per heavy atom. The lowest BCUT2D eigenvalue weighted by atomic mass is 10.1. The number of hydrogen-bond acceptors (Lipinski definition) is 2. The Balaban J connectivity index is 1.91. The summed E-state index contributed by atoms with van der Waals surface area (Å²) in [6.45, 7) is 1.94. The third-order valence-electron chi connectivity index (χ3n) is 3.70. The highest BCUT2D eigenvalue weighted by Gasteiger charge is 2.25. The van der Waals surface area contributed by atoms with Crippen LogP contribution in [-0.2, 0) is 6.42 Å². The fourth-order valence-corrected chi connectivity index (χ4v) is 2.72. The average molecular weight is 257 g/mol. The lowest BCUT2D eigenvalue weighted by Crippen LogP contribution is -2.08. The molecule has 98 valence electrons. The van der Waals surface area contributed by atoms with E-state index in [9.17, 15) is 9.50 Å². The van der Waals surface area contributed by atoms with Gasteiger partial charge in [0.05, 0.1) is 11.7 Å². The smallest absolute Gasteiger partial charge is 0.146 e. The van der Waals surface area contributed by atoms with Crippen LogP contribution in [0.4, 0.5) is 10.1 Å². The van der Waals surface area contributed by atoms with Crippen molar-refractivity contribution in [2.75, 3.05) is 5.32 Å². The van der Waals surface area contributed by atoms with Crippen LogP contribution in [-0.4, -0.2) is 5.11 Å². The molecule has 0 aromatic heterocycles. The van der Waals surface area contributed by atoms with E-state index in [2.05, 4.69) is 5.32 Å². The molecule has 2 aromatic rings. The summed E-state index contributed by atoms with van der Waals surface area (Å²) in [5.41, 5.74) is 3.60. The first kappa shape index (κ1) is 12.0. The molecule has 0 amide bonds. The van der Waals surface area contributed by atoms with E-state index in [4.69, 9.17) is 0 Å². The zero-order valence-corrected chi connectivity index (χ0v) is 10.8. The van der Waals surface area contributed by atoms with Gasteiger partial charge < -0.3 is 10.4 Å². The molecule has 0 aliphatic heterocycles. The quantitative estimate of drug-likeness (QED) is 0.854. The first-order chi connectivity index (χ1) is 9.15. The second-order valence-electron chi connectivity index (χ2n) is 5.06. The van der Waals surface area contributed by atoms with Crippen LogP contribution in [0.25, 0.3) is 0 Å². The summed E-state index contributed by atoms with van der Waals surface area (Å²) in [5, 5.41) is 13.1. The molecular formula is C16H16FNO. The summed E-state index contributed by atoms with van der Waals surface area (Å²) >= 11 is 0. The number of nitrogens with one attached hydrogen (secondary N) is 1. The van der Waals surface area contributed by atoms with Crippen LogP contribution in [0.15, 0.2) is 36.4 Å². The number of fused-ring (bicyclic) bond motifs is 1. The molecule has 0 bridgehead atoms. The summed E-state index contributed by atoms with van der Waals surface area (Å²) in [5.74, 6) is 0.103. The van der Waals surface area contributed by atoms with Gasteiger partial charge in [0.1, 0.15) is 11.6 Å². The molecule has 1 atom stereocenters. The van der Waals surface area contributed by atoms with Gasteiger partial charge in [0.15, 0.2) is 0 Å². The SMILES string of the molecule is Cc1ccc(F)c(NC2CCc3c(O)cccc32)c1. The van der Waals surface area contributed by atoms with Crippen LogP contribution in [0, 0.1) is 12.7 Å². The van der Waals surface area contributed by atoms with E-state index in [0.29, 0.717) is 11.4 Å². The number of phenols is 1. The van der Waals surface area contributed by atoms with Gasteiger partial charge in [0, 0.05) is 0 Å². The van der Waals surface area contributed by atoms with Crippen molar-refractivity contribution in [3.8, 4) is 5.75 Å². The summed E-state index contributed by atoms with van der Waals surface area (Å²) < 4.78 is 13.8. The number of rotatable bonds is 2. The Kier molecular flexibility index (Phi) is 2.90.